The van der Waals surface area contributed by atoms with E-state index in [0.29, 0.717) is 6.54 Å². The molecule has 0 saturated heterocycles. The third kappa shape index (κ3) is 4.53. The van der Waals surface area contributed by atoms with Gasteiger partial charge in [-0.2, -0.15) is 0 Å². The third-order valence-corrected chi connectivity index (χ3v) is 4.35. The third-order valence-electron chi connectivity index (χ3n) is 2.34. The van der Waals surface area contributed by atoms with Gasteiger partial charge >= 0.3 is 0 Å². The number of rotatable bonds is 3. The summed E-state index contributed by atoms with van der Waals surface area (Å²) >= 11 is 2.80. The summed E-state index contributed by atoms with van der Waals surface area (Å²) in [6.45, 7) is 6.13. The molecule has 8 heteroatoms. The summed E-state index contributed by atoms with van der Waals surface area (Å²) in [5.74, 6) is -1.42. The number of carbonyl (C=O) groups is 1. The Morgan fingerprint density at radius 2 is 1.95 bits per heavy atom. The van der Waals surface area contributed by atoms with Crippen LogP contribution in [-0.4, -0.2) is 20.9 Å². The SMILES string of the molecule is CC(C)(C)CNC(=O)c1cc(F)c(Br)c(S(N)(=O)=O)c1. The number of nitrogens with one attached hydrogen (secondary N) is 1. The van der Waals surface area contributed by atoms with E-state index >= 15 is 0 Å². The number of hydrogen-bond acceptors (Lipinski definition) is 3. The van der Waals surface area contributed by atoms with E-state index in [1.165, 1.54) is 0 Å². The van der Waals surface area contributed by atoms with Crippen LogP contribution >= 0.6 is 15.9 Å². The number of primary sulfonamides is 1. The van der Waals surface area contributed by atoms with Crippen LogP contribution in [0.15, 0.2) is 21.5 Å². The molecular weight excluding hydrogens is 351 g/mol. The van der Waals surface area contributed by atoms with Crippen molar-refractivity contribution in [1.29, 1.82) is 0 Å². The molecule has 3 N–H and O–H groups in total. The van der Waals surface area contributed by atoms with Crippen LogP contribution in [0.3, 0.4) is 0 Å². The fraction of sp³-hybridized carbons (Fsp3) is 0.417. The smallest absolute Gasteiger partial charge is 0.251 e. The van der Waals surface area contributed by atoms with Crippen LogP contribution in [0.5, 0.6) is 0 Å². The highest BCUT2D eigenvalue weighted by Crippen LogP contribution is 2.26. The van der Waals surface area contributed by atoms with Gasteiger partial charge in [-0.3, -0.25) is 4.79 Å². The molecule has 0 aromatic heterocycles. The zero-order chi connectivity index (χ0) is 15.7. The van der Waals surface area contributed by atoms with E-state index in [1.54, 1.807) is 0 Å². The summed E-state index contributed by atoms with van der Waals surface area (Å²) in [4.78, 5) is 11.4. The van der Waals surface area contributed by atoms with Crippen molar-refractivity contribution in [1.82, 2.24) is 5.32 Å². The predicted octanol–water partition coefficient (Wildman–Crippen LogP) is 2.01. The topological polar surface area (TPSA) is 89.3 Å². The zero-order valence-corrected chi connectivity index (χ0v) is 13.7. The molecule has 0 saturated carbocycles. The van der Waals surface area contributed by atoms with Crippen molar-refractivity contribution in [2.75, 3.05) is 6.54 Å². The molecule has 0 atom stereocenters. The highest BCUT2D eigenvalue weighted by molar-refractivity contribution is 9.10. The normalized spacial score (nSPS) is 12.3. The molecule has 1 aromatic rings. The molecule has 0 fully saturated rings. The number of hydrogen-bond donors (Lipinski definition) is 2. The van der Waals surface area contributed by atoms with E-state index in [0.717, 1.165) is 12.1 Å². The Labute approximate surface area is 125 Å². The number of halogens is 2. The lowest BCUT2D eigenvalue weighted by atomic mass is 9.97. The van der Waals surface area contributed by atoms with Crippen molar-refractivity contribution in [2.24, 2.45) is 10.6 Å². The van der Waals surface area contributed by atoms with Crippen LogP contribution in [0.2, 0.25) is 0 Å². The van der Waals surface area contributed by atoms with E-state index < -0.39 is 26.6 Å². The van der Waals surface area contributed by atoms with Gasteiger partial charge in [0.05, 0.1) is 9.37 Å². The molecule has 0 unspecified atom stereocenters. The molecular formula is C12H16BrFN2O3S. The lowest BCUT2D eigenvalue weighted by molar-refractivity contribution is 0.0938. The highest BCUT2D eigenvalue weighted by Gasteiger charge is 2.21. The first-order valence-corrected chi connectivity index (χ1v) is 8.06. The molecule has 0 bridgehead atoms. The van der Waals surface area contributed by atoms with Gasteiger partial charge in [-0.25, -0.2) is 17.9 Å². The lowest BCUT2D eigenvalue weighted by Gasteiger charge is -2.19. The molecule has 112 valence electrons. The molecule has 0 aliphatic carbocycles. The first-order chi connectivity index (χ1) is 8.92. The van der Waals surface area contributed by atoms with E-state index in [2.05, 4.69) is 21.2 Å². The van der Waals surface area contributed by atoms with Crippen LogP contribution in [0.1, 0.15) is 31.1 Å². The molecule has 20 heavy (non-hydrogen) atoms. The first kappa shape index (κ1) is 17.1. The average molecular weight is 367 g/mol. The molecule has 0 aliphatic heterocycles. The van der Waals surface area contributed by atoms with Gasteiger partial charge in [0.15, 0.2) is 0 Å². The quantitative estimate of drug-likeness (QED) is 0.857. The fourth-order valence-corrected chi connectivity index (χ4v) is 2.89. The monoisotopic (exact) mass is 366 g/mol. The summed E-state index contributed by atoms with van der Waals surface area (Å²) in [6, 6.07) is 2.00. The predicted molar refractivity (Wildman–Crippen MR) is 77.3 cm³/mol. The minimum absolute atomic E-state index is 0.0982. The highest BCUT2D eigenvalue weighted by atomic mass is 79.9. The van der Waals surface area contributed by atoms with Crippen LogP contribution in [0, 0.1) is 11.2 Å². The van der Waals surface area contributed by atoms with Gasteiger partial charge in [-0.1, -0.05) is 20.8 Å². The average Bonchev–Trinajstić information content (AvgIpc) is 2.26. The van der Waals surface area contributed by atoms with E-state index in [9.17, 15) is 17.6 Å². The van der Waals surface area contributed by atoms with Crippen LogP contribution in [0.25, 0.3) is 0 Å². The Morgan fingerprint density at radius 1 is 1.40 bits per heavy atom. The van der Waals surface area contributed by atoms with Crippen molar-refractivity contribution >= 4 is 31.9 Å². The Kier molecular flexibility index (Phi) is 4.94. The van der Waals surface area contributed by atoms with Crippen molar-refractivity contribution in [2.45, 2.75) is 25.7 Å². The van der Waals surface area contributed by atoms with Gasteiger partial charge < -0.3 is 5.32 Å². The molecule has 1 amide bonds. The van der Waals surface area contributed by atoms with Crippen molar-refractivity contribution < 1.29 is 17.6 Å². The van der Waals surface area contributed by atoms with Gasteiger partial charge in [0, 0.05) is 12.1 Å². The minimum Gasteiger partial charge on any atom is -0.352 e. The number of carbonyl (C=O) groups excluding carboxylic acids is 1. The maximum Gasteiger partial charge on any atom is 0.251 e. The summed E-state index contributed by atoms with van der Waals surface area (Å²) in [7, 11) is -4.12. The van der Waals surface area contributed by atoms with Gasteiger partial charge in [0.25, 0.3) is 5.91 Å². The zero-order valence-electron chi connectivity index (χ0n) is 11.3. The van der Waals surface area contributed by atoms with E-state index in [4.69, 9.17) is 5.14 Å². The second kappa shape index (κ2) is 5.79. The molecule has 1 aromatic carbocycles. The van der Waals surface area contributed by atoms with Crippen molar-refractivity contribution in [3.05, 3.63) is 28.0 Å². The minimum atomic E-state index is -4.12. The molecule has 5 nitrogen and oxygen atoms in total. The van der Waals surface area contributed by atoms with Gasteiger partial charge in [-0.05, 0) is 33.5 Å². The second-order valence-corrected chi connectivity index (χ2v) is 7.88. The fourth-order valence-electron chi connectivity index (χ4n) is 1.35. The van der Waals surface area contributed by atoms with E-state index in [-0.39, 0.29) is 15.5 Å². The Morgan fingerprint density at radius 3 is 2.40 bits per heavy atom. The van der Waals surface area contributed by atoms with E-state index in [1.807, 2.05) is 20.8 Å². The molecule has 0 radical (unpaired) electrons. The Hall–Kier alpha value is -0.990. The van der Waals surface area contributed by atoms with Crippen LogP contribution in [0.4, 0.5) is 4.39 Å². The molecule has 0 aliphatic rings. The van der Waals surface area contributed by atoms with Crippen molar-refractivity contribution in [3.63, 3.8) is 0 Å². The number of amides is 1. The van der Waals surface area contributed by atoms with Gasteiger partial charge in [-0.15, -0.1) is 0 Å². The summed E-state index contributed by atoms with van der Waals surface area (Å²) in [5, 5.41) is 7.59. The van der Waals surface area contributed by atoms with Gasteiger partial charge in [0.1, 0.15) is 5.82 Å². The first-order valence-electron chi connectivity index (χ1n) is 5.72. The largest absolute Gasteiger partial charge is 0.352 e. The summed E-state index contributed by atoms with van der Waals surface area (Å²) in [5.41, 5.74) is -0.245. The Balaban J connectivity index is 3.15. The maximum absolute atomic E-state index is 13.7. The summed E-state index contributed by atoms with van der Waals surface area (Å²) in [6.07, 6.45) is 0. The van der Waals surface area contributed by atoms with Crippen LogP contribution in [-0.2, 0) is 10.0 Å². The number of nitrogens with two attached hydrogens (primary N) is 1. The number of sulfonamides is 1. The van der Waals surface area contributed by atoms with Crippen LogP contribution < -0.4 is 10.5 Å². The molecule has 0 spiro atoms. The summed E-state index contributed by atoms with van der Waals surface area (Å²) < 4.78 is 36.1. The Bertz CT molecular complexity index is 639. The molecule has 1 rings (SSSR count). The molecule has 0 heterocycles. The second-order valence-electron chi connectivity index (χ2n) is 5.56. The number of benzene rings is 1. The lowest BCUT2D eigenvalue weighted by Crippen LogP contribution is -2.32. The standard InChI is InChI=1S/C12H16BrFN2O3S/c1-12(2,3)6-16-11(17)7-4-8(14)10(13)9(5-7)20(15,18)19/h4-5H,6H2,1-3H3,(H,16,17)(H2,15,18,19). The maximum atomic E-state index is 13.7. The van der Waals surface area contributed by atoms with Crippen molar-refractivity contribution in [3.8, 4) is 0 Å². The van der Waals surface area contributed by atoms with Gasteiger partial charge in [0.2, 0.25) is 10.0 Å².